The van der Waals surface area contributed by atoms with Crippen molar-refractivity contribution in [1.29, 1.82) is 0 Å². The third-order valence-electron chi connectivity index (χ3n) is 2.20. The zero-order chi connectivity index (χ0) is 12.1. The van der Waals surface area contributed by atoms with E-state index in [1.54, 1.807) is 5.38 Å². The molecule has 0 saturated heterocycles. The van der Waals surface area contributed by atoms with Crippen molar-refractivity contribution in [2.45, 2.75) is 4.83 Å². The molecule has 1 heterocycles. The van der Waals surface area contributed by atoms with Gasteiger partial charge in [-0.15, -0.1) is 5.10 Å². The fourth-order valence-electron chi connectivity index (χ4n) is 1.32. The average Bonchev–Trinajstić information content (AvgIpc) is 2.90. The number of carbonyl (C=O) groups excluding carboxylic acids is 1. The van der Waals surface area contributed by atoms with Gasteiger partial charge >= 0.3 is 0 Å². The number of hydrogen-bond acceptors (Lipinski definition) is 4. The Morgan fingerprint density at radius 3 is 2.82 bits per heavy atom. The standard InChI is InChI=1S/C11H10BrN3OS/c12-9(8-4-2-1-3-5-8)6-13-11(16)10-7-17-15-14-10/h1-5,7,9H,6H2,(H,13,16). The van der Waals surface area contributed by atoms with E-state index in [2.05, 4.69) is 30.8 Å². The van der Waals surface area contributed by atoms with Crippen LogP contribution in [-0.4, -0.2) is 22.0 Å². The van der Waals surface area contributed by atoms with Crippen LogP contribution in [0.15, 0.2) is 35.7 Å². The molecule has 0 bridgehead atoms. The Balaban J connectivity index is 1.89. The van der Waals surface area contributed by atoms with E-state index < -0.39 is 0 Å². The molecule has 0 spiro atoms. The molecule has 2 aromatic rings. The summed E-state index contributed by atoms with van der Waals surface area (Å²) in [7, 11) is 0. The zero-order valence-corrected chi connectivity index (χ0v) is 11.2. The van der Waals surface area contributed by atoms with Gasteiger partial charge in [0.15, 0.2) is 5.69 Å². The van der Waals surface area contributed by atoms with Crippen LogP contribution in [0.2, 0.25) is 0 Å². The highest BCUT2D eigenvalue weighted by Crippen LogP contribution is 2.21. The van der Waals surface area contributed by atoms with Gasteiger partial charge in [0.2, 0.25) is 0 Å². The van der Waals surface area contributed by atoms with E-state index in [0.717, 1.165) is 17.1 Å². The normalized spacial score (nSPS) is 12.1. The Hall–Kier alpha value is -1.27. The molecular weight excluding hydrogens is 302 g/mol. The number of benzene rings is 1. The number of hydrogen-bond donors (Lipinski definition) is 1. The molecule has 0 radical (unpaired) electrons. The van der Waals surface area contributed by atoms with Crippen LogP contribution in [0.5, 0.6) is 0 Å². The number of halogens is 1. The van der Waals surface area contributed by atoms with Gasteiger partial charge in [-0.05, 0) is 17.1 Å². The molecule has 1 atom stereocenters. The lowest BCUT2D eigenvalue weighted by Crippen LogP contribution is -2.27. The summed E-state index contributed by atoms with van der Waals surface area (Å²) in [5.41, 5.74) is 1.49. The first-order valence-electron chi connectivity index (χ1n) is 5.01. The summed E-state index contributed by atoms with van der Waals surface area (Å²) in [5.74, 6) is -0.195. The second-order valence-corrected chi connectivity index (χ2v) is 5.09. The van der Waals surface area contributed by atoms with Crippen molar-refractivity contribution in [3.05, 3.63) is 47.0 Å². The molecule has 1 amide bonds. The third kappa shape index (κ3) is 3.34. The molecule has 0 fully saturated rings. The van der Waals surface area contributed by atoms with Gasteiger partial charge in [-0.3, -0.25) is 4.79 Å². The molecule has 0 saturated carbocycles. The van der Waals surface area contributed by atoms with E-state index in [0.29, 0.717) is 12.2 Å². The monoisotopic (exact) mass is 311 g/mol. The summed E-state index contributed by atoms with van der Waals surface area (Å²) in [6.07, 6.45) is 0. The Morgan fingerprint density at radius 2 is 2.18 bits per heavy atom. The van der Waals surface area contributed by atoms with Crippen LogP contribution in [0.4, 0.5) is 0 Å². The zero-order valence-electron chi connectivity index (χ0n) is 8.84. The highest BCUT2D eigenvalue weighted by atomic mass is 79.9. The van der Waals surface area contributed by atoms with Crippen molar-refractivity contribution in [1.82, 2.24) is 14.9 Å². The lowest BCUT2D eigenvalue weighted by molar-refractivity contribution is 0.0949. The smallest absolute Gasteiger partial charge is 0.272 e. The first-order valence-corrected chi connectivity index (χ1v) is 6.77. The van der Waals surface area contributed by atoms with Gasteiger partial charge < -0.3 is 5.32 Å². The van der Waals surface area contributed by atoms with Crippen molar-refractivity contribution in [2.24, 2.45) is 0 Å². The molecular formula is C11H10BrN3OS. The number of rotatable bonds is 4. The quantitative estimate of drug-likeness (QED) is 0.882. The molecule has 1 aromatic heterocycles. The molecule has 0 aliphatic carbocycles. The predicted molar refractivity (Wildman–Crippen MR) is 70.4 cm³/mol. The second kappa shape index (κ2) is 5.88. The number of aromatic nitrogens is 2. The van der Waals surface area contributed by atoms with E-state index in [1.807, 2.05) is 30.3 Å². The van der Waals surface area contributed by atoms with Crippen molar-refractivity contribution in [3.8, 4) is 0 Å². The molecule has 0 aliphatic heterocycles. The molecule has 1 aromatic carbocycles. The molecule has 1 unspecified atom stereocenters. The van der Waals surface area contributed by atoms with Crippen molar-refractivity contribution in [2.75, 3.05) is 6.54 Å². The van der Waals surface area contributed by atoms with Crippen LogP contribution in [0.3, 0.4) is 0 Å². The van der Waals surface area contributed by atoms with Gasteiger partial charge in [0.05, 0.1) is 4.83 Å². The number of nitrogens with one attached hydrogen (secondary N) is 1. The summed E-state index contributed by atoms with van der Waals surface area (Å²) in [6.45, 7) is 0.514. The fourth-order valence-corrected chi connectivity index (χ4v) is 2.22. The Morgan fingerprint density at radius 1 is 1.41 bits per heavy atom. The largest absolute Gasteiger partial charge is 0.349 e. The number of carbonyl (C=O) groups is 1. The summed E-state index contributed by atoms with van der Waals surface area (Å²) in [4.78, 5) is 11.7. The maximum atomic E-state index is 11.6. The van der Waals surface area contributed by atoms with E-state index in [1.165, 1.54) is 0 Å². The van der Waals surface area contributed by atoms with Gasteiger partial charge in [-0.1, -0.05) is 50.8 Å². The predicted octanol–water partition coefficient (Wildman–Crippen LogP) is 2.40. The molecule has 0 aliphatic rings. The van der Waals surface area contributed by atoms with Crippen LogP contribution in [-0.2, 0) is 0 Å². The minimum Gasteiger partial charge on any atom is -0.349 e. The fraction of sp³-hybridized carbons (Fsp3) is 0.182. The summed E-state index contributed by atoms with van der Waals surface area (Å²) < 4.78 is 3.65. The average molecular weight is 312 g/mol. The minimum absolute atomic E-state index is 0.0965. The number of alkyl halides is 1. The topological polar surface area (TPSA) is 54.9 Å². The first-order chi connectivity index (χ1) is 8.27. The van der Waals surface area contributed by atoms with Gasteiger partial charge in [0.1, 0.15) is 0 Å². The van der Waals surface area contributed by atoms with Crippen LogP contribution in [0, 0.1) is 0 Å². The maximum Gasteiger partial charge on any atom is 0.272 e. The van der Waals surface area contributed by atoms with Crippen molar-refractivity contribution < 1.29 is 4.79 Å². The van der Waals surface area contributed by atoms with Gasteiger partial charge in [-0.25, -0.2) is 0 Å². The number of amides is 1. The van der Waals surface area contributed by atoms with Gasteiger partial charge in [0.25, 0.3) is 5.91 Å². The molecule has 4 nitrogen and oxygen atoms in total. The highest BCUT2D eigenvalue weighted by molar-refractivity contribution is 9.09. The van der Waals surface area contributed by atoms with E-state index in [-0.39, 0.29) is 10.7 Å². The summed E-state index contributed by atoms with van der Waals surface area (Å²) in [6, 6.07) is 9.92. The molecule has 2 rings (SSSR count). The van der Waals surface area contributed by atoms with Crippen LogP contribution in [0.25, 0.3) is 0 Å². The molecule has 88 valence electrons. The van der Waals surface area contributed by atoms with Crippen LogP contribution >= 0.6 is 27.5 Å². The molecule has 1 N–H and O–H groups in total. The summed E-state index contributed by atoms with van der Waals surface area (Å²) in [5, 5.41) is 8.14. The Bertz CT molecular complexity index is 475. The SMILES string of the molecule is O=C(NCC(Br)c1ccccc1)c1csnn1. The van der Waals surface area contributed by atoms with Crippen LogP contribution < -0.4 is 5.32 Å². The molecule has 17 heavy (non-hydrogen) atoms. The number of nitrogens with zero attached hydrogens (tertiary/aromatic N) is 2. The maximum absolute atomic E-state index is 11.6. The van der Waals surface area contributed by atoms with Crippen LogP contribution in [0.1, 0.15) is 20.9 Å². The Kier molecular flexibility index (Phi) is 4.22. The first kappa shape index (κ1) is 12.2. The van der Waals surface area contributed by atoms with E-state index >= 15 is 0 Å². The lowest BCUT2D eigenvalue weighted by Gasteiger charge is -2.10. The van der Waals surface area contributed by atoms with E-state index in [4.69, 9.17) is 0 Å². The second-order valence-electron chi connectivity index (χ2n) is 3.38. The van der Waals surface area contributed by atoms with Gasteiger partial charge in [-0.2, -0.15) is 0 Å². The lowest BCUT2D eigenvalue weighted by atomic mass is 10.1. The highest BCUT2D eigenvalue weighted by Gasteiger charge is 2.11. The third-order valence-corrected chi connectivity index (χ3v) is 3.55. The van der Waals surface area contributed by atoms with E-state index in [9.17, 15) is 4.79 Å². The minimum atomic E-state index is -0.195. The Labute approximate surface area is 111 Å². The van der Waals surface area contributed by atoms with Crippen molar-refractivity contribution >= 4 is 33.4 Å². The van der Waals surface area contributed by atoms with Gasteiger partial charge in [0, 0.05) is 11.9 Å². The van der Waals surface area contributed by atoms with Crippen molar-refractivity contribution in [3.63, 3.8) is 0 Å². The molecule has 6 heteroatoms. The summed E-state index contributed by atoms with van der Waals surface area (Å²) >= 11 is 4.69.